The van der Waals surface area contributed by atoms with E-state index in [2.05, 4.69) is 10.3 Å². The Morgan fingerprint density at radius 2 is 2.00 bits per heavy atom. The Kier molecular flexibility index (Phi) is 4.86. The SMILES string of the molecule is CN1C[C@H](c2cccc(C(F)(F)F)c2)[C@@H](C(=O)Nc2cccnc2F)C1=O. The molecule has 2 atom stereocenters. The van der Waals surface area contributed by atoms with Crippen LogP contribution >= 0.6 is 0 Å². The number of aromatic nitrogens is 1. The van der Waals surface area contributed by atoms with E-state index >= 15 is 0 Å². The number of amides is 2. The van der Waals surface area contributed by atoms with Crippen molar-refractivity contribution in [2.75, 3.05) is 18.9 Å². The number of anilines is 1. The third-order valence-electron chi connectivity index (χ3n) is 4.46. The number of carbonyl (C=O) groups excluding carboxylic acids is 2. The first-order valence-corrected chi connectivity index (χ1v) is 8.02. The molecule has 0 aliphatic carbocycles. The molecule has 0 unspecified atom stereocenters. The van der Waals surface area contributed by atoms with Crippen LogP contribution in [0.3, 0.4) is 0 Å². The first kappa shape index (κ1) is 18.8. The normalized spacial score (nSPS) is 20.0. The van der Waals surface area contributed by atoms with E-state index in [0.29, 0.717) is 0 Å². The molecule has 5 nitrogen and oxygen atoms in total. The quantitative estimate of drug-likeness (QED) is 0.505. The van der Waals surface area contributed by atoms with Gasteiger partial charge in [-0.2, -0.15) is 17.6 Å². The van der Waals surface area contributed by atoms with Gasteiger partial charge >= 0.3 is 6.18 Å². The summed E-state index contributed by atoms with van der Waals surface area (Å²) in [5, 5.41) is 2.30. The predicted molar refractivity (Wildman–Crippen MR) is 88.1 cm³/mol. The van der Waals surface area contributed by atoms with Crippen molar-refractivity contribution >= 4 is 17.5 Å². The molecule has 27 heavy (non-hydrogen) atoms. The van der Waals surface area contributed by atoms with Gasteiger partial charge in [0.15, 0.2) is 0 Å². The summed E-state index contributed by atoms with van der Waals surface area (Å²) in [4.78, 5) is 29.7. The third-order valence-corrected chi connectivity index (χ3v) is 4.46. The van der Waals surface area contributed by atoms with Gasteiger partial charge in [0.05, 0.1) is 11.3 Å². The van der Waals surface area contributed by atoms with Crippen LogP contribution < -0.4 is 5.32 Å². The summed E-state index contributed by atoms with van der Waals surface area (Å²) in [6.45, 7) is 0.0771. The highest BCUT2D eigenvalue weighted by molar-refractivity contribution is 6.08. The maximum absolute atomic E-state index is 13.7. The van der Waals surface area contributed by atoms with Crippen molar-refractivity contribution < 1.29 is 27.2 Å². The molecule has 0 spiro atoms. The Bertz CT molecular complexity index is 885. The molecule has 1 N–H and O–H groups in total. The molecule has 142 valence electrons. The van der Waals surface area contributed by atoms with Gasteiger partial charge in [-0.15, -0.1) is 0 Å². The van der Waals surface area contributed by atoms with Gasteiger partial charge in [-0.3, -0.25) is 9.59 Å². The molecular weight excluding hydrogens is 366 g/mol. The van der Waals surface area contributed by atoms with Gasteiger partial charge in [0, 0.05) is 25.7 Å². The standard InChI is InChI=1S/C18H15F4N3O2/c1-25-9-12(10-4-2-5-11(8-10)18(20,21)22)14(17(25)27)16(26)24-13-6-3-7-23-15(13)19/h2-8,12,14H,9H2,1H3,(H,24,26)/t12-,14+/m1/s1. The van der Waals surface area contributed by atoms with Crippen LogP contribution in [-0.2, 0) is 15.8 Å². The van der Waals surface area contributed by atoms with Crippen molar-refractivity contribution in [2.45, 2.75) is 12.1 Å². The highest BCUT2D eigenvalue weighted by atomic mass is 19.4. The summed E-state index contributed by atoms with van der Waals surface area (Å²) < 4.78 is 52.6. The predicted octanol–water partition coefficient (Wildman–Crippen LogP) is 3.05. The molecule has 1 aliphatic heterocycles. The lowest BCUT2D eigenvalue weighted by atomic mass is 9.87. The zero-order chi connectivity index (χ0) is 19.8. The molecular formula is C18H15F4N3O2. The van der Waals surface area contributed by atoms with E-state index in [9.17, 15) is 27.2 Å². The van der Waals surface area contributed by atoms with Crippen molar-refractivity contribution in [1.82, 2.24) is 9.88 Å². The first-order valence-electron chi connectivity index (χ1n) is 8.02. The smallest absolute Gasteiger partial charge is 0.344 e. The number of halogens is 4. The summed E-state index contributed by atoms with van der Waals surface area (Å²) in [7, 11) is 1.46. The Hall–Kier alpha value is -2.97. The van der Waals surface area contributed by atoms with Crippen LogP contribution in [0.2, 0.25) is 0 Å². The molecule has 3 rings (SSSR count). The van der Waals surface area contributed by atoms with Gasteiger partial charge in [-0.1, -0.05) is 18.2 Å². The summed E-state index contributed by atoms with van der Waals surface area (Å²) >= 11 is 0. The van der Waals surface area contributed by atoms with E-state index in [0.717, 1.165) is 12.1 Å². The molecule has 2 aromatic rings. The lowest BCUT2D eigenvalue weighted by Crippen LogP contribution is -2.33. The number of nitrogens with zero attached hydrogens (tertiary/aromatic N) is 2. The number of carbonyl (C=O) groups is 2. The van der Waals surface area contributed by atoms with Crippen molar-refractivity contribution in [2.24, 2.45) is 5.92 Å². The second-order valence-electron chi connectivity index (χ2n) is 6.26. The van der Waals surface area contributed by atoms with E-state index in [1.54, 1.807) is 0 Å². The Balaban J connectivity index is 1.92. The fraction of sp³-hybridized carbons (Fsp3) is 0.278. The summed E-state index contributed by atoms with van der Waals surface area (Å²) in [6, 6.07) is 7.22. The Morgan fingerprint density at radius 3 is 2.67 bits per heavy atom. The maximum atomic E-state index is 13.7. The monoisotopic (exact) mass is 381 g/mol. The van der Waals surface area contributed by atoms with Crippen molar-refractivity contribution in [3.63, 3.8) is 0 Å². The first-order chi connectivity index (χ1) is 12.7. The zero-order valence-corrected chi connectivity index (χ0v) is 14.1. The number of hydrogen-bond acceptors (Lipinski definition) is 3. The minimum Gasteiger partial charge on any atom is -0.344 e. The molecule has 1 aromatic carbocycles. The van der Waals surface area contributed by atoms with Crippen LogP contribution in [0.4, 0.5) is 23.2 Å². The second-order valence-corrected chi connectivity index (χ2v) is 6.26. The van der Waals surface area contributed by atoms with Gasteiger partial charge in [-0.05, 0) is 23.8 Å². The van der Waals surface area contributed by atoms with E-state index in [1.165, 1.54) is 42.4 Å². The van der Waals surface area contributed by atoms with E-state index in [-0.39, 0.29) is 17.8 Å². The highest BCUT2D eigenvalue weighted by Gasteiger charge is 2.45. The van der Waals surface area contributed by atoms with Crippen LogP contribution in [0.5, 0.6) is 0 Å². The van der Waals surface area contributed by atoms with Crippen molar-refractivity contribution in [3.05, 3.63) is 59.7 Å². The fourth-order valence-corrected chi connectivity index (χ4v) is 3.13. The summed E-state index contributed by atoms with van der Waals surface area (Å²) in [5.41, 5.74) is -0.846. The molecule has 1 aromatic heterocycles. The molecule has 2 heterocycles. The van der Waals surface area contributed by atoms with Gasteiger partial charge in [0.2, 0.25) is 17.8 Å². The number of benzene rings is 1. The van der Waals surface area contributed by atoms with E-state index in [1.807, 2.05) is 0 Å². The molecule has 0 radical (unpaired) electrons. The Labute approximate surface area is 152 Å². The molecule has 0 saturated carbocycles. The van der Waals surface area contributed by atoms with Crippen LogP contribution in [0.1, 0.15) is 17.0 Å². The number of likely N-dealkylation sites (tertiary alicyclic amines) is 1. The number of pyridine rings is 1. The number of hydrogen-bond donors (Lipinski definition) is 1. The maximum Gasteiger partial charge on any atom is 0.416 e. The number of likely N-dealkylation sites (N-methyl/N-ethyl adjacent to an activating group) is 1. The van der Waals surface area contributed by atoms with Gasteiger partial charge in [0.25, 0.3) is 0 Å². The van der Waals surface area contributed by atoms with Crippen molar-refractivity contribution in [3.8, 4) is 0 Å². The highest BCUT2D eigenvalue weighted by Crippen LogP contribution is 2.37. The topological polar surface area (TPSA) is 62.3 Å². The lowest BCUT2D eigenvalue weighted by molar-refractivity contribution is -0.137. The summed E-state index contributed by atoms with van der Waals surface area (Å²) in [5.74, 6) is -4.30. The van der Waals surface area contributed by atoms with Gasteiger partial charge in [0.1, 0.15) is 5.92 Å². The van der Waals surface area contributed by atoms with Crippen LogP contribution in [0.25, 0.3) is 0 Å². The number of rotatable bonds is 3. The fourth-order valence-electron chi connectivity index (χ4n) is 3.13. The average Bonchev–Trinajstić information content (AvgIpc) is 2.91. The largest absolute Gasteiger partial charge is 0.416 e. The molecule has 1 fully saturated rings. The van der Waals surface area contributed by atoms with Crippen molar-refractivity contribution in [1.29, 1.82) is 0 Å². The molecule has 9 heteroatoms. The third kappa shape index (κ3) is 3.76. The molecule has 2 amide bonds. The molecule has 1 aliphatic rings. The van der Waals surface area contributed by atoms with Gasteiger partial charge < -0.3 is 10.2 Å². The minimum atomic E-state index is -4.54. The van der Waals surface area contributed by atoms with Gasteiger partial charge in [-0.25, -0.2) is 4.98 Å². The molecule has 1 saturated heterocycles. The zero-order valence-electron chi connectivity index (χ0n) is 14.1. The van der Waals surface area contributed by atoms with E-state index < -0.39 is 41.3 Å². The van der Waals surface area contributed by atoms with Crippen LogP contribution in [-0.4, -0.2) is 35.3 Å². The second kappa shape index (κ2) is 6.98. The minimum absolute atomic E-state index is 0.0771. The number of nitrogens with one attached hydrogen (secondary N) is 1. The average molecular weight is 381 g/mol. The Morgan fingerprint density at radius 1 is 1.26 bits per heavy atom. The van der Waals surface area contributed by atoms with Crippen LogP contribution in [0.15, 0.2) is 42.6 Å². The van der Waals surface area contributed by atoms with E-state index in [4.69, 9.17) is 0 Å². The molecule has 0 bridgehead atoms. The number of alkyl halides is 3. The lowest BCUT2D eigenvalue weighted by Gasteiger charge is -2.18. The summed E-state index contributed by atoms with van der Waals surface area (Å²) in [6.07, 6.45) is -3.34. The van der Waals surface area contributed by atoms with Crippen LogP contribution in [0, 0.1) is 11.9 Å².